The van der Waals surface area contributed by atoms with Gasteiger partial charge in [0, 0.05) is 19.0 Å². The van der Waals surface area contributed by atoms with Gasteiger partial charge in [0.05, 0.1) is 11.4 Å². The molecule has 0 fully saturated rings. The SMILES string of the molecule is CCC1Cc2c(ccc(N)c2NC)O1. The molecule has 3 heteroatoms. The van der Waals surface area contributed by atoms with Gasteiger partial charge < -0.3 is 15.8 Å². The summed E-state index contributed by atoms with van der Waals surface area (Å²) in [5.41, 5.74) is 8.92. The molecule has 0 spiro atoms. The molecule has 0 saturated heterocycles. The maximum absolute atomic E-state index is 5.87. The predicted octanol–water partition coefficient (Wildman–Crippen LogP) is 2.02. The highest BCUT2D eigenvalue weighted by Gasteiger charge is 2.24. The third-order valence-electron chi connectivity index (χ3n) is 2.73. The van der Waals surface area contributed by atoms with Crippen LogP contribution in [0.2, 0.25) is 0 Å². The van der Waals surface area contributed by atoms with Crippen LogP contribution in [-0.4, -0.2) is 13.2 Å². The lowest BCUT2D eigenvalue weighted by molar-refractivity contribution is 0.228. The molecule has 0 amide bonds. The smallest absolute Gasteiger partial charge is 0.125 e. The molecule has 14 heavy (non-hydrogen) atoms. The fourth-order valence-corrected chi connectivity index (χ4v) is 1.93. The van der Waals surface area contributed by atoms with Crippen molar-refractivity contribution in [2.24, 2.45) is 0 Å². The van der Waals surface area contributed by atoms with Gasteiger partial charge in [0.1, 0.15) is 11.9 Å². The van der Waals surface area contributed by atoms with Gasteiger partial charge in [-0.3, -0.25) is 0 Å². The first-order valence-corrected chi connectivity index (χ1v) is 5.02. The van der Waals surface area contributed by atoms with E-state index >= 15 is 0 Å². The Hall–Kier alpha value is -1.38. The van der Waals surface area contributed by atoms with E-state index in [1.165, 1.54) is 5.56 Å². The molecule has 2 rings (SSSR count). The van der Waals surface area contributed by atoms with E-state index in [2.05, 4.69) is 12.2 Å². The molecule has 0 aliphatic carbocycles. The van der Waals surface area contributed by atoms with E-state index in [0.717, 1.165) is 30.0 Å². The molecule has 1 aliphatic heterocycles. The first-order chi connectivity index (χ1) is 6.76. The van der Waals surface area contributed by atoms with E-state index in [9.17, 15) is 0 Å². The van der Waals surface area contributed by atoms with Crippen LogP contribution in [0.5, 0.6) is 5.75 Å². The Labute approximate surface area is 84.3 Å². The van der Waals surface area contributed by atoms with E-state index in [-0.39, 0.29) is 0 Å². The molecule has 0 aromatic heterocycles. The fourth-order valence-electron chi connectivity index (χ4n) is 1.93. The Balaban J connectivity index is 2.41. The standard InChI is InChI=1S/C11H16N2O/c1-3-7-6-8-10(14-7)5-4-9(12)11(8)13-2/h4-5,7,13H,3,6,12H2,1-2H3. The van der Waals surface area contributed by atoms with Crippen LogP contribution in [0, 0.1) is 0 Å². The van der Waals surface area contributed by atoms with Crippen LogP contribution in [-0.2, 0) is 6.42 Å². The number of nitrogens with one attached hydrogen (secondary N) is 1. The molecule has 1 aromatic carbocycles. The summed E-state index contributed by atoms with van der Waals surface area (Å²) in [4.78, 5) is 0. The zero-order valence-electron chi connectivity index (χ0n) is 8.63. The van der Waals surface area contributed by atoms with Crippen LogP contribution < -0.4 is 15.8 Å². The van der Waals surface area contributed by atoms with Crippen molar-refractivity contribution >= 4 is 11.4 Å². The monoisotopic (exact) mass is 192 g/mol. The molecule has 1 atom stereocenters. The van der Waals surface area contributed by atoms with E-state index in [1.807, 2.05) is 19.2 Å². The van der Waals surface area contributed by atoms with Gasteiger partial charge in [-0.05, 0) is 18.6 Å². The normalized spacial score (nSPS) is 18.9. The number of hydrogen-bond donors (Lipinski definition) is 2. The third kappa shape index (κ3) is 1.29. The molecule has 1 heterocycles. The molecule has 3 nitrogen and oxygen atoms in total. The summed E-state index contributed by atoms with van der Waals surface area (Å²) in [6.07, 6.45) is 2.32. The Bertz CT molecular complexity index is 349. The highest BCUT2D eigenvalue weighted by molar-refractivity contribution is 5.74. The summed E-state index contributed by atoms with van der Waals surface area (Å²) in [5, 5.41) is 3.14. The van der Waals surface area contributed by atoms with Crippen LogP contribution in [0.4, 0.5) is 11.4 Å². The zero-order valence-corrected chi connectivity index (χ0v) is 8.63. The topological polar surface area (TPSA) is 47.3 Å². The second-order valence-electron chi connectivity index (χ2n) is 3.61. The van der Waals surface area contributed by atoms with Gasteiger partial charge in [0.25, 0.3) is 0 Å². The summed E-state index contributed by atoms with van der Waals surface area (Å²) in [5.74, 6) is 0.982. The highest BCUT2D eigenvalue weighted by Crippen LogP contribution is 2.38. The fraction of sp³-hybridized carbons (Fsp3) is 0.455. The number of hydrogen-bond acceptors (Lipinski definition) is 3. The maximum Gasteiger partial charge on any atom is 0.125 e. The minimum absolute atomic E-state index is 0.318. The van der Waals surface area contributed by atoms with Crippen LogP contribution in [0.25, 0.3) is 0 Å². The first-order valence-electron chi connectivity index (χ1n) is 5.02. The van der Waals surface area contributed by atoms with E-state index in [1.54, 1.807) is 0 Å². The van der Waals surface area contributed by atoms with Gasteiger partial charge >= 0.3 is 0 Å². The number of benzene rings is 1. The van der Waals surface area contributed by atoms with Crippen molar-refractivity contribution < 1.29 is 4.74 Å². The third-order valence-corrected chi connectivity index (χ3v) is 2.73. The van der Waals surface area contributed by atoms with Crippen molar-refractivity contribution in [2.75, 3.05) is 18.1 Å². The molecule has 1 unspecified atom stereocenters. The van der Waals surface area contributed by atoms with Gasteiger partial charge in [0.15, 0.2) is 0 Å². The number of anilines is 2. The quantitative estimate of drug-likeness (QED) is 0.705. The van der Waals surface area contributed by atoms with Crippen molar-refractivity contribution in [3.8, 4) is 5.75 Å². The minimum Gasteiger partial charge on any atom is -0.490 e. The molecule has 1 aromatic rings. The average Bonchev–Trinajstić information content (AvgIpc) is 2.60. The number of nitrogens with two attached hydrogens (primary N) is 1. The average molecular weight is 192 g/mol. The number of nitrogen functional groups attached to an aromatic ring is 1. The van der Waals surface area contributed by atoms with Crippen molar-refractivity contribution in [1.29, 1.82) is 0 Å². The summed E-state index contributed by atoms with van der Waals surface area (Å²) in [6, 6.07) is 3.85. The van der Waals surface area contributed by atoms with Crippen LogP contribution in [0.15, 0.2) is 12.1 Å². The predicted molar refractivity (Wildman–Crippen MR) is 58.8 cm³/mol. The molecule has 76 valence electrons. The Morgan fingerprint density at radius 1 is 1.57 bits per heavy atom. The molecule has 1 aliphatic rings. The maximum atomic E-state index is 5.87. The van der Waals surface area contributed by atoms with Gasteiger partial charge in [-0.2, -0.15) is 0 Å². The second kappa shape index (κ2) is 3.40. The van der Waals surface area contributed by atoms with Crippen molar-refractivity contribution in [3.63, 3.8) is 0 Å². The van der Waals surface area contributed by atoms with Crippen molar-refractivity contribution in [2.45, 2.75) is 25.9 Å². The summed E-state index contributed by atoms with van der Waals surface area (Å²) < 4.78 is 5.76. The van der Waals surface area contributed by atoms with Gasteiger partial charge in [-0.25, -0.2) is 0 Å². The first kappa shape index (κ1) is 9.19. The molecular formula is C11H16N2O. The minimum atomic E-state index is 0.318. The van der Waals surface area contributed by atoms with Crippen LogP contribution >= 0.6 is 0 Å². The molecule has 0 saturated carbocycles. The highest BCUT2D eigenvalue weighted by atomic mass is 16.5. The Kier molecular flexibility index (Phi) is 2.23. The lowest BCUT2D eigenvalue weighted by Gasteiger charge is -2.08. The lowest BCUT2D eigenvalue weighted by Crippen LogP contribution is -2.10. The van der Waals surface area contributed by atoms with E-state index in [4.69, 9.17) is 10.5 Å². The molecule has 3 N–H and O–H groups in total. The van der Waals surface area contributed by atoms with Gasteiger partial charge in [-0.15, -0.1) is 0 Å². The summed E-state index contributed by atoms with van der Waals surface area (Å²) >= 11 is 0. The van der Waals surface area contributed by atoms with Gasteiger partial charge in [0.2, 0.25) is 0 Å². The number of ether oxygens (including phenoxy) is 1. The summed E-state index contributed by atoms with van der Waals surface area (Å²) in [6.45, 7) is 2.14. The lowest BCUT2D eigenvalue weighted by atomic mass is 10.1. The van der Waals surface area contributed by atoms with Gasteiger partial charge in [-0.1, -0.05) is 6.92 Å². The van der Waals surface area contributed by atoms with Crippen LogP contribution in [0.1, 0.15) is 18.9 Å². The molecule has 0 radical (unpaired) electrons. The van der Waals surface area contributed by atoms with Crippen molar-refractivity contribution in [3.05, 3.63) is 17.7 Å². The zero-order chi connectivity index (χ0) is 10.1. The Morgan fingerprint density at radius 3 is 3.00 bits per heavy atom. The number of rotatable bonds is 2. The van der Waals surface area contributed by atoms with E-state index < -0.39 is 0 Å². The van der Waals surface area contributed by atoms with E-state index in [0.29, 0.717) is 6.10 Å². The Morgan fingerprint density at radius 2 is 2.36 bits per heavy atom. The van der Waals surface area contributed by atoms with Crippen molar-refractivity contribution in [1.82, 2.24) is 0 Å². The van der Waals surface area contributed by atoms with Crippen LogP contribution in [0.3, 0.4) is 0 Å². The second-order valence-corrected chi connectivity index (χ2v) is 3.61. The molecular weight excluding hydrogens is 176 g/mol. The number of fused-ring (bicyclic) bond motifs is 1. The summed E-state index contributed by atoms with van der Waals surface area (Å²) in [7, 11) is 1.89. The largest absolute Gasteiger partial charge is 0.490 e. The molecule has 0 bridgehead atoms.